The molecule has 23 heavy (non-hydrogen) atoms. The zero-order chi connectivity index (χ0) is 16.8. The second-order valence-electron chi connectivity index (χ2n) is 5.27. The lowest BCUT2D eigenvalue weighted by atomic mass is 10.0. The monoisotopic (exact) mass is 334 g/mol. The molecule has 0 aromatic heterocycles. The van der Waals surface area contributed by atoms with Crippen molar-refractivity contribution in [2.75, 3.05) is 12.3 Å². The van der Waals surface area contributed by atoms with E-state index in [1.807, 2.05) is 0 Å². The Morgan fingerprint density at radius 2 is 1.74 bits per heavy atom. The van der Waals surface area contributed by atoms with E-state index in [-0.39, 0.29) is 18.9 Å². The molecule has 0 radical (unpaired) electrons. The number of aliphatic hydroxyl groups excluding tert-OH is 2. The number of carbonyl (C=O) groups is 1. The first-order valence-electron chi connectivity index (χ1n) is 7.17. The predicted molar refractivity (Wildman–Crippen MR) is 90.0 cm³/mol. The number of aliphatic hydroxyl groups is 2. The third-order valence-electron chi connectivity index (χ3n) is 3.48. The van der Waals surface area contributed by atoms with Crippen LogP contribution in [0.1, 0.15) is 17.2 Å². The number of amides is 1. The normalized spacial score (nSPS) is 13.3. The highest BCUT2D eigenvalue weighted by Gasteiger charge is 2.22. The first kappa shape index (κ1) is 17.3. The van der Waals surface area contributed by atoms with Crippen LogP contribution in [0.2, 0.25) is 5.02 Å². The summed E-state index contributed by atoms with van der Waals surface area (Å²) in [4.78, 5) is 12.1. The van der Waals surface area contributed by atoms with Crippen molar-refractivity contribution in [2.45, 2.75) is 18.6 Å². The zero-order valence-corrected chi connectivity index (χ0v) is 13.2. The predicted octanol–water partition coefficient (Wildman–Crippen LogP) is 1.68. The van der Waals surface area contributed by atoms with Gasteiger partial charge < -0.3 is 21.3 Å². The summed E-state index contributed by atoms with van der Waals surface area (Å²) >= 11 is 5.80. The average Bonchev–Trinajstić information content (AvgIpc) is 2.55. The number of benzene rings is 2. The number of nitrogens with two attached hydrogens (primary N) is 1. The molecule has 1 amide bonds. The number of carbonyl (C=O) groups excluding carboxylic acids is 1. The molecular formula is C17H19ClN2O3. The van der Waals surface area contributed by atoms with Crippen molar-refractivity contribution >= 4 is 23.2 Å². The number of hydrogen-bond acceptors (Lipinski definition) is 4. The van der Waals surface area contributed by atoms with Gasteiger partial charge in [0.2, 0.25) is 5.91 Å². The van der Waals surface area contributed by atoms with Gasteiger partial charge in [-0.2, -0.15) is 0 Å². The molecule has 2 aromatic rings. The first-order chi connectivity index (χ1) is 11.0. The van der Waals surface area contributed by atoms with Crippen molar-refractivity contribution in [1.29, 1.82) is 0 Å². The van der Waals surface area contributed by atoms with Gasteiger partial charge >= 0.3 is 0 Å². The van der Waals surface area contributed by atoms with E-state index in [9.17, 15) is 15.0 Å². The summed E-state index contributed by atoms with van der Waals surface area (Å²) in [5, 5.41) is 23.0. The quantitative estimate of drug-likeness (QED) is 0.604. The molecule has 0 saturated carbocycles. The van der Waals surface area contributed by atoms with E-state index in [4.69, 9.17) is 17.3 Å². The fourth-order valence-electron chi connectivity index (χ4n) is 2.20. The molecule has 5 nitrogen and oxygen atoms in total. The minimum atomic E-state index is -1.02. The molecule has 2 rings (SSSR count). The van der Waals surface area contributed by atoms with Crippen LogP contribution in [0.3, 0.4) is 0 Å². The molecule has 0 spiro atoms. The Morgan fingerprint density at radius 3 is 2.30 bits per heavy atom. The summed E-state index contributed by atoms with van der Waals surface area (Å²) in [5.41, 5.74) is 7.55. The number of nitrogen functional groups attached to an aromatic ring is 1. The molecule has 0 heterocycles. The molecule has 2 unspecified atom stereocenters. The third kappa shape index (κ3) is 4.96. The highest BCUT2D eigenvalue weighted by atomic mass is 35.5. The molecule has 0 aliphatic heterocycles. The van der Waals surface area contributed by atoms with E-state index in [1.54, 1.807) is 48.5 Å². The van der Waals surface area contributed by atoms with Gasteiger partial charge in [0.15, 0.2) is 0 Å². The van der Waals surface area contributed by atoms with Crippen molar-refractivity contribution in [1.82, 2.24) is 5.32 Å². The molecule has 2 aromatic carbocycles. The van der Waals surface area contributed by atoms with E-state index in [2.05, 4.69) is 5.32 Å². The SMILES string of the molecule is Nc1ccc(C(O)C(CO)NC(=O)Cc2ccc(Cl)cc2)cc1. The van der Waals surface area contributed by atoms with E-state index in [0.29, 0.717) is 16.3 Å². The Kier molecular flexibility index (Phi) is 5.98. The Hall–Kier alpha value is -2.08. The minimum Gasteiger partial charge on any atom is -0.399 e. The van der Waals surface area contributed by atoms with E-state index in [0.717, 1.165) is 5.56 Å². The van der Waals surface area contributed by atoms with E-state index >= 15 is 0 Å². The minimum absolute atomic E-state index is 0.141. The van der Waals surface area contributed by atoms with Gasteiger partial charge in [0, 0.05) is 10.7 Å². The molecule has 2 atom stereocenters. The number of rotatable bonds is 6. The summed E-state index contributed by atoms with van der Waals surface area (Å²) in [6, 6.07) is 12.8. The molecular weight excluding hydrogens is 316 g/mol. The van der Waals surface area contributed by atoms with Gasteiger partial charge in [0.1, 0.15) is 6.10 Å². The van der Waals surface area contributed by atoms with Crippen LogP contribution in [-0.2, 0) is 11.2 Å². The molecule has 0 bridgehead atoms. The summed E-state index contributed by atoms with van der Waals surface area (Å²) in [6.45, 7) is -0.377. The molecule has 0 aliphatic carbocycles. The Bertz CT molecular complexity index is 644. The smallest absolute Gasteiger partial charge is 0.224 e. The second kappa shape index (κ2) is 7.97. The van der Waals surface area contributed by atoms with Gasteiger partial charge in [-0.25, -0.2) is 0 Å². The van der Waals surface area contributed by atoms with Crippen LogP contribution in [0.15, 0.2) is 48.5 Å². The van der Waals surface area contributed by atoms with Gasteiger partial charge in [-0.1, -0.05) is 35.9 Å². The highest BCUT2D eigenvalue weighted by Crippen LogP contribution is 2.18. The van der Waals surface area contributed by atoms with Crippen molar-refractivity contribution in [3.63, 3.8) is 0 Å². The summed E-state index contributed by atoms with van der Waals surface area (Å²) < 4.78 is 0. The van der Waals surface area contributed by atoms with Crippen LogP contribution < -0.4 is 11.1 Å². The molecule has 0 aliphatic rings. The van der Waals surface area contributed by atoms with Crippen LogP contribution in [0.25, 0.3) is 0 Å². The maximum atomic E-state index is 12.1. The lowest BCUT2D eigenvalue weighted by Gasteiger charge is -2.22. The Labute approximate surface area is 139 Å². The highest BCUT2D eigenvalue weighted by molar-refractivity contribution is 6.30. The van der Waals surface area contributed by atoms with Crippen LogP contribution in [0.4, 0.5) is 5.69 Å². The largest absolute Gasteiger partial charge is 0.399 e. The maximum Gasteiger partial charge on any atom is 0.224 e. The van der Waals surface area contributed by atoms with E-state index < -0.39 is 12.1 Å². The Balaban J connectivity index is 1.99. The van der Waals surface area contributed by atoms with Gasteiger partial charge in [-0.15, -0.1) is 0 Å². The molecule has 122 valence electrons. The van der Waals surface area contributed by atoms with Gasteiger partial charge in [0.25, 0.3) is 0 Å². The van der Waals surface area contributed by atoms with Crippen molar-refractivity contribution < 1.29 is 15.0 Å². The summed E-state index contributed by atoms with van der Waals surface area (Å²) in [5.74, 6) is -0.291. The summed E-state index contributed by atoms with van der Waals surface area (Å²) in [6.07, 6.45) is -0.878. The third-order valence-corrected chi connectivity index (χ3v) is 3.73. The topological polar surface area (TPSA) is 95.6 Å². The fourth-order valence-corrected chi connectivity index (χ4v) is 2.32. The number of anilines is 1. The maximum absolute atomic E-state index is 12.1. The average molecular weight is 335 g/mol. The molecule has 0 fully saturated rings. The molecule has 0 saturated heterocycles. The van der Waals surface area contributed by atoms with Crippen molar-refractivity contribution in [3.8, 4) is 0 Å². The zero-order valence-electron chi connectivity index (χ0n) is 12.4. The second-order valence-corrected chi connectivity index (χ2v) is 5.71. The van der Waals surface area contributed by atoms with Gasteiger partial charge in [0.05, 0.1) is 19.1 Å². The molecule has 6 heteroatoms. The standard InChI is InChI=1S/C17H19ClN2O3/c18-13-5-1-11(2-6-13)9-16(22)20-15(10-21)17(23)12-3-7-14(19)8-4-12/h1-8,15,17,21,23H,9-10,19H2,(H,20,22). The lowest BCUT2D eigenvalue weighted by molar-refractivity contribution is -0.122. The molecule has 5 N–H and O–H groups in total. The van der Waals surface area contributed by atoms with Crippen LogP contribution in [0, 0.1) is 0 Å². The fraction of sp³-hybridized carbons (Fsp3) is 0.235. The summed E-state index contributed by atoms with van der Waals surface area (Å²) in [7, 11) is 0. The van der Waals surface area contributed by atoms with Gasteiger partial charge in [-0.05, 0) is 35.4 Å². The van der Waals surface area contributed by atoms with Gasteiger partial charge in [-0.3, -0.25) is 4.79 Å². The van der Waals surface area contributed by atoms with Crippen LogP contribution in [-0.4, -0.2) is 28.8 Å². The van der Waals surface area contributed by atoms with E-state index in [1.165, 1.54) is 0 Å². The lowest BCUT2D eigenvalue weighted by Crippen LogP contribution is -2.42. The van der Waals surface area contributed by atoms with Crippen LogP contribution >= 0.6 is 11.6 Å². The first-order valence-corrected chi connectivity index (χ1v) is 7.55. The van der Waals surface area contributed by atoms with Crippen molar-refractivity contribution in [2.24, 2.45) is 0 Å². The van der Waals surface area contributed by atoms with Crippen molar-refractivity contribution in [3.05, 3.63) is 64.7 Å². The Morgan fingerprint density at radius 1 is 1.13 bits per heavy atom. The van der Waals surface area contributed by atoms with Crippen LogP contribution in [0.5, 0.6) is 0 Å². The number of nitrogens with one attached hydrogen (secondary N) is 1. The number of hydrogen-bond donors (Lipinski definition) is 4. The number of halogens is 1.